The van der Waals surface area contributed by atoms with E-state index >= 15 is 0 Å². The summed E-state index contributed by atoms with van der Waals surface area (Å²) >= 11 is 0. The Labute approximate surface area is 192 Å². The number of carbonyl (C=O) groups is 2. The molecule has 0 atom stereocenters. The van der Waals surface area contributed by atoms with Gasteiger partial charge in [-0.25, -0.2) is 4.98 Å². The monoisotopic (exact) mass is 506 g/mol. The second-order valence-electron chi connectivity index (χ2n) is 7.63. The van der Waals surface area contributed by atoms with Crippen LogP contribution in [0.25, 0.3) is 11.0 Å². The number of hydrogen-bond acceptors (Lipinski definition) is 4. The number of rotatable bonds is 9. The Hall–Kier alpha value is -3.78. The topological polar surface area (TPSA) is 125 Å². The number of imidazole rings is 1. The van der Waals surface area contributed by atoms with Gasteiger partial charge in [-0.05, 0) is 17.7 Å². The van der Waals surface area contributed by atoms with Crippen LogP contribution < -0.4 is 16.2 Å². The van der Waals surface area contributed by atoms with Crippen molar-refractivity contribution in [1.82, 2.24) is 30.4 Å². The van der Waals surface area contributed by atoms with Crippen LogP contribution in [-0.2, 0) is 24.4 Å². The Balaban J connectivity index is 1.55. The second-order valence-corrected chi connectivity index (χ2v) is 7.63. The van der Waals surface area contributed by atoms with Gasteiger partial charge in [-0.1, -0.05) is 6.07 Å². The summed E-state index contributed by atoms with van der Waals surface area (Å²) in [7, 11) is 0. The van der Waals surface area contributed by atoms with E-state index in [0.29, 0.717) is 27.1 Å². The molecule has 3 rings (SSSR count). The maximum absolute atomic E-state index is 12.3. The SMILES string of the molecule is O=C(CCC(F)(F)F)NCc1ccc2nc(CNC(=O)c3cc(=O)n(CCC(F)(F)F)[nH]3)[nH]c2c1. The number of amides is 2. The molecule has 0 radical (unpaired) electrons. The summed E-state index contributed by atoms with van der Waals surface area (Å²) in [5.74, 6) is -1.13. The Morgan fingerprint density at radius 1 is 0.971 bits per heavy atom. The molecule has 2 amide bonds. The number of fused-ring (bicyclic) bond motifs is 1. The van der Waals surface area contributed by atoms with Crippen molar-refractivity contribution in [3.05, 3.63) is 51.7 Å². The maximum atomic E-state index is 12.3. The summed E-state index contributed by atoms with van der Waals surface area (Å²) in [6, 6.07) is 5.77. The molecular weight excluding hydrogens is 486 g/mol. The predicted octanol–water partition coefficient (Wildman–Crippen LogP) is 2.89. The number of benzene rings is 1. The molecule has 0 saturated carbocycles. The molecule has 190 valence electrons. The number of nitrogens with zero attached hydrogens (tertiary/aromatic N) is 2. The fourth-order valence-electron chi connectivity index (χ4n) is 3.06. The Kier molecular flexibility index (Phi) is 7.55. The molecule has 9 nitrogen and oxygen atoms in total. The highest BCUT2D eigenvalue weighted by Gasteiger charge is 2.28. The first-order valence-electron chi connectivity index (χ1n) is 10.2. The second kappa shape index (κ2) is 10.2. The van der Waals surface area contributed by atoms with E-state index in [2.05, 4.69) is 25.7 Å². The van der Waals surface area contributed by atoms with Crippen LogP contribution in [0.5, 0.6) is 0 Å². The highest BCUT2D eigenvalue weighted by Crippen LogP contribution is 2.21. The van der Waals surface area contributed by atoms with Gasteiger partial charge in [0.1, 0.15) is 11.5 Å². The number of H-pyrrole nitrogens is 2. The van der Waals surface area contributed by atoms with E-state index in [0.717, 1.165) is 6.07 Å². The predicted molar refractivity (Wildman–Crippen MR) is 110 cm³/mol. The van der Waals surface area contributed by atoms with Crippen LogP contribution >= 0.6 is 0 Å². The molecular formula is C20H20F6N6O3. The molecule has 3 aromatic rings. The minimum Gasteiger partial charge on any atom is -0.352 e. The molecule has 15 heteroatoms. The smallest absolute Gasteiger partial charge is 0.352 e. The summed E-state index contributed by atoms with van der Waals surface area (Å²) in [4.78, 5) is 42.8. The lowest BCUT2D eigenvalue weighted by Gasteiger charge is -2.07. The van der Waals surface area contributed by atoms with Crippen LogP contribution in [0, 0.1) is 0 Å². The molecule has 0 aliphatic carbocycles. The molecule has 35 heavy (non-hydrogen) atoms. The Morgan fingerprint density at radius 3 is 2.37 bits per heavy atom. The van der Waals surface area contributed by atoms with Gasteiger partial charge in [0.2, 0.25) is 5.91 Å². The van der Waals surface area contributed by atoms with Gasteiger partial charge in [0.25, 0.3) is 11.5 Å². The molecule has 0 fully saturated rings. The molecule has 0 unspecified atom stereocenters. The largest absolute Gasteiger partial charge is 0.390 e. The van der Waals surface area contributed by atoms with Gasteiger partial charge < -0.3 is 15.6 Å². The van der Waals surface area contributed by atoms with Gasteiger partial charge in [-0.3, -0.25) is 24.2 Å². The van der Waals surface area contributed by atoms with Gasteiger partial charge in [-0.2, -0.15) is 26.3 Å². The van der Waals surface area contributed by atoms with Crippen molar-refractivity contribution in [2.45, 2.75) is 51.2 Å². The average Bonchev–Trinajstić information content (AvgIpc) is 3.34. The molecule has 0 aliphatic heterocycles. The lowest BCUT2D eigenvalue weighted by Crippen LogP contribution is -2.24. The number of halogens is 6. The van der Waals surface area contributed by atoms with Crippen molar-refractivity contribution >= 4 is 22.8 Å². The van der Waals surface area contributed by atoms with E-state index in [1.807, 2.05) is 0 Å². The third-order valence-corrected chi connectivity index (χ3v) is 4.79. The number of alkyl halides is 6. The fraction of sp³-hybridized carbons (Fsp3) is 0.400. The van der Waals surface area contributed by atoms with Crippen molar-refractivity contribution in [2.24, 2.45) is 0 Å². The number of nitrogens with one attached hydrogen (secondary N) is 4. The number of aromatic amines is 2. The van der Waals surface area contributed by atoms with Crippen molar-refractivity contribution in [1.29, 1.82) is 0 Å². The number of aryl methyl sites for hydroxylation is 1. The van der Waals surface area contributed by atoms with Crippen molar-refractivity contribution in [3.8, 4) is 0 Å². The van der Waals surface area contributed by atoms with Crippen molar-refractivity contribution in [3.63, 3.8) is 0 Å². The van der Waals surface area contributed by atoms with Gasteiger partial charge in [0, 0.05) is 19.0 Å². The zero-order valence-corrected chi connectivity index (χ0v) is 17.9. The molecule has 0 aliphatic rings. The minimum atomic E-state index is -4.45. The molecule has 1 aromatic carbocycles. The van der Waals surface area contributed by atoms with Gasteiger partial charge >= 0.3 is 12.4 Å². The van der Waals surface area contributed by atoms with Crippen LogP contribution in [0.2, 0.25) is 0 Å². The van der Waals surface area contributed by atoms with E-state index in [4.69, 9.17) is 0 Å². The lowest BCUT2D eigenvalue weighted by atomic mass is 10.2. The first-order chi connectivity index (χ1) is 16.3. The summed E-state index contributed by atoms with van der Waals surface area (Å²) in [6.07, 6.45) is -12.0. The zero-order chi connectivity index (χ0) is 25.8. The summed E-state index contributed by atoms with van der Waals surface area (Å²) in [5.41, 5.74) is 0.684. The Morgan fingerprint density at radius 2 is 1.69 bits per heavy atom. The number of carbonyl (C=O) groups excluding carboxylic acids is 2. The quantitative estimate of drug-likeness (QED) is 0.333. The van der Waals surface area contributed by atoms with E-state index < -0.39 is 55.5 Å². The summed E-state index contributed by atoms with van der Waals surface area (Å²) < 4.78 is 74.2. The first kappa shape index (κ1) is 25.8. The third-order valence-electron chi connectivity index (χ3n) is 4.79. The van der Waals surface area contributed by atoms with E-state index in [-0.39, 0.29) is 18.8 Å². The van der Waals surface area contributed by atoms with Crippen LogP contribution in [0.15, 0.2) is 29.1 Å². The van der Waals surface area contributed by atoms with E-state index in [1.54, 1.807) is 18.2 Å². The number of hydrogen-bond donors (Lipinski definition) is 4. The average molecular weight is 506 g/mol. The lowest BCUT2D eigenvalue weighted by molar-refractivity contribution is -0.144. The normalized spacial score (nSPS) is 12.2. The van der Waals surface area contributed by atoms with Gasteiger partial charge in [-0.15, -0.1) is 0 Å². The third kappa shape index (κ3) is 7.89. The maximum Gasteiger partial charge on any atom is 0.390 e. The summed E-state index contributed by atoms with van der Waals surface area (Å²) in [5, 5.41) is 7.21. The standard InChI is InChI=1S/C20H20F6N6O3/c21-19(22,23)4-3-16(33)27-9-11-1-2-12-13(7-11)30-15(29-12)10-28-18(35)14-8-17(34)32(31-14)6-5-20(24,25)26/h1-2,7-8,31H,3-6,9-10H2,(H,27,33)(H,28,35)(H,29,30). The van der Waals surface area contributed by atoms with Crippen molar-refractivity contribution < 1.29 is 35.9 Å². The molecule has 4 N–H and O–H groups in total. The number of aromatic nitrogens is 4. The first-order valence-corrected chi connectivity index (χ1v) is 10.2. The van der Waals surface area contributed by atoms with Crippen molar-refractivity contribution in [2.75, 3.05) is 0 Å². The van der Waals surface area contributed by atoms with E-state index in [9.17, 15) is 40.7 Å². The minimum absolute atomic E-state index is 0.0103. The highest BCUT2D eigenvalue weighted by molar-refractivity contribution is 5.92. The Bertz CT molecular complexity index is 1260. The zero-order valence-electron chi connectivity index (χ0n) is 17.9. The fourth-order valence-corrected chi connectivity index (χ4v) is 3.06. The molecule has 2 aromatic heterocycles. The van der Waals surface area contributed by atoms with Gasteiger partial charge in [0.15, 0.2) is 0 Å². The summed E-state index contributed by atoms with van der Waals surface area (Å²) in [6.45, 7) is -0.729. The molecule has 0 spiro atoms. The highest BCUT2D eigenvalue weighted by atomic mass is 19.4. The van der Waals surface area contributed by atoms with E-state index in [1.165, 1.54) is 0 Å². The van der Waals surface area contributed by atoms with Gasteiger partial charge in [0.05, 0.1) is 37.0 Å². The molecule has 2 heterocycles. The van der Waals surface area contributed by atoms with Crippen LogP contribution in [-0.4, -0.2) is 43.9 Å². The van der Waals surface area contributed by atoms with Crippen LogP contribution in [0.3, 0.4) is 0 Å². The molecule has 0 bridgehead atoms. The molecule has 0 saturated heterocycles. The van der Waals surface area contributed by atoms with Crippen LogP contribution in [0.4, 0.5) is 26.3 Å². The van der Waals surface area contributed by atoms with Crippen LogP contribution in [0.1, 0.15) is 41.1 Å².